The third-order valence-electron chi connectivity index (χ3n) is 1.02. The molecule has 0 spiro atoms. The molecule has 8 heavy (non-hydrogen) atoms. The van der Waals surface area contributed by atoms with E-state index < -0.39 is 0 Å². The van der Waals surface area contributed by atoms with Crippen molar-refractivity contribution in [2.24, 2.45) is 0 Å². The fraction of sp³-hybridized carbons (Fsp3) is 1.00. The van der Waals surface area contributed by atoms with Gasteiger partial charge in [0.05, 0.1) is 0 Å². The number of rotatable bonds is 3. The smallest absolute Gasteiger partial charge is 0.0153 e. The second-order valence-corrected chi connectivity index (χ2v) is 4.88. The van der Waals surface area contributed by atoms with Crippen LogP contribution in [0.4, 0.5) is 0 Å². The summed E-state index contributed by atoms with van der Waals surface area (Å²) in [7, 11) is 0. The maximum Gasteiger partial charge on any atom is 0.0153 e. The zero-order chi connectivity index (χ0) is 6.57. The zero-order valence-electron chi connectivity index (χ0n) is 5.32. The van der Waals surface area contributed by atoms with Gasteiger partial charge in [-0.3, -0.25) is 0 Å². The summed E-state index contributed by atoms with van der Waals surface area (Å²) >= 11 is 7.03. The molecule has 0 aliphatic heterocycles. The van der Waals surface area contributed by atoms with E-state index in [-0.39, 0.29) is 0 Å². The van der Waals surface area contributed by atoms with Gasteiger partial charge in [-0.2, -0.15) is 0 Å². The van der Waals surface area contributed by atoms with Gasteiger partial charge < -0.3 is 0 Å². The van der Waals surface area contributed by atoms with Crippen LogP contribution < -0.4 is 0 Å². The number of hydrogen-bond acceptors (Lipinski definition) is 0. The molecule has 0 aliphatic rings. The van der Waals surface area contributed by atoms with Gasteiger partial charge in [-0.15, -0.1) is 0 Å². The van der Waals surface area contributed by atoms with E-state index in [4.69, 9.17) is 0 Å². The van der Waals surface area contributed by atoms with Crippen molar-refractivity contribution in [1.82, 2.24) is 0 Å². The highest BCUT2D eigenvalue weighted by Crippen LogP contribution is 2.15. The molecule has 0 radical (unpaired) electrons. The van der Waals surface area contributed by atoms with Crippen LogP contribution in [0.1, 0.15) is 26.7 Å². The highest BCUT2D eigenvalue weighted by atomic mass is 79.9. The Morgan fingerprint density at radius 1 is 1.38 bits per heavy atom. The van der Waals surface area contributed by atoms with Crippen molar-refractivity contribution in [3.05, 3.63) is 0 Å². The van der Waals surface area contributed by atoms with Crippen LogP contribution in [-0.4, -0.2) is 9.65 Å². The van der Waals surface area contributed by atoms with Gasteiger partial charge >= 0.3 is 0 Å². The molecule has 0 saturated carbocycles. The lowest BCUT2D eigenvalue weighted by Crippen LogP contribution is -2.01. The fourth-order valence-corrected chi connectivity index (χ4v) is 2.03. The summed E-state index contributed by atoms with van der Waals surface area (Å²) in [6.07, 6.45) is 2.44. The first kappa shape index (κ1) is 8.96. The molecule has 0 aromatic rings. The van der Waals surface area contributed by atoms with Gasteiger partial charge in [0.2, 0.25) is 0 Å². The van der Waals surface area contributed by atoms with Gasteiger partial charge in [-0.25, -0.2) is 0 Å². The maximum atomic E-state index is 3.55. The quantitative estimate of drug-likeness (QED) is 0.668. The van der Waals surface area contributed by atoms with E-state index >= 15 is 0 Å². The Morgan fingerprint density at radius 3 is 2.00 bits per heavy atom. The van der Waals surface area contributed by atoms with Crippen molar-refractivity contribution in [3.63, 3.8) is 0 Å². The van der Waals surface area contributed by atoms with Crippen LogP contribution in [0.5, 0.6) is 0 Å². The average molecular weight is 244 g/mol. The second-order valence-electron chi connectivity index (χ2n) is 2.02. The van der Waals surface area contributed by atoms with Crippen molar-refractivity contribution in [2.45, 2.75) is 36.3 Å². The van der Waals surface area contributed by atoms with Crippen molar-refractivity contribution < 1.29 is 0 Å². The van der Waals surface area contributed by atoms with Gasteiger partial charge in [0.1, 0.15) is 0 Å². The summed E-state index contributed by atoms with van der Waals surface area (Å²) in [5.74, 6) is 0. The van der Waals surface area contributed by atoms with Crippen LogP contribution in [0.25, 0.3) is 0 Å². The standard InChI is InChI=1S/C6H12Br2/c1-3-6(8)4-5(2)7/h5-6H,3-4H2,1-2H3/t5?,6-/m1/s1. The van der Waals surface area contributed by atoms with Crippen LogP contribution in [0.15, 0.2) is 0 Å². The molecule has 0 saturated heterocycles. The van der Waals surface area contributed by atoms with Gasteiger partial charge in [0.15, 0.2) is 0 Å². The SMILES string of the molecule is CC[C@@H](Br)CC(C)Br. The first-order chi connectivity index (χ1) is 3.66. The molecular weight excluding hydrogens is 232 g/mol. The van der Waals surface area contributed by atoms with Crippen molar-refractivity contribution in [3.8, 4) is 0 Å². The molecule has 0 bridgehead atoms. The largest absolute Gasteiger partial charge is 0.0893 e. The molecule has 0 aromatic carbocycles. The molecule has 2 atom stereocenters. The summed E-state index contributed by atoms with van der Waals surface area (Å²) in [6, 6.07) is 0. The normalized spacial score (nSPS) is 18.0. The first-order valence-corrected chi connectivity index (χ1v) is 4.78. The van der Waals surface area contributed by atoms with E-state index in [1.54, 1.807) is 0 Å². The van der Waals surface area contributed by atoms with E-state index in [1.807, 2.05) is 0 Å². The zero-order valence-corrected chi connectivity index (χ0v) is 8.50. The molecule has 0 fully saturated rings. The third kappa shape index (κ3) is 5.10. The highest BCUT2D eigenvalue weighted by Gasteiger charge is 2.03. The van der Waals surface area contributed by atoms with Crippen molar-refractivity contribution in [2.75, 3.05) is 0 Å². The van der Waals surface area contributed by atoms with Crippen LogP contribution in [0.2, 0.25) is 0 Å². The Bertz CT molecular complexity index is 52.5. The highest BCUT2D eigenvalue weighted by molar-refractivity contribution is 9.10. The molecule has 1 unspecified atom stereocenters. The van der Waals surface area contributed by atoms with E-state index in [0.717, 1.165) is 0 Å². The molecule has 0 amide bonds. The predicted molar refractivity (Wildman–Crippen MR) is 46.0 cm³/mol. The van der Waals surface area contributed by atoms with Crippen LogP contribution in [0.3, 0.4) is 0 Å². The lowest BCUT2D eigenvalue weighted by molar-refractivity contribution is 0.748. The summed E-state index contributed by atoms with van der Waals surface area (Å²) in [4.78, 5) is 1.34. The summed E-state index contributed by atoms with van der Waals surface area (Å²) in [6.45, 7) is 4.36. The molecule has 0 heterocycles. The average Bonchev–Trinajstić information content (AvgIpc) is 1.65. The third-order valence-corrected chi connectivity index (χ3v) is 2.42. The molecule has 50 valence electrons. The number of hydrogen-bond donors (Lipinski definition) is 0. The summed E-state index contributed by atoms with van der Waals surface area (Å²) in [5.41, 5.74) is 0. The van der Waals surface area contributed by atoms with Crippen LogP contribution in [-0.2, 0) is 0 Å². The summed E-state index contributed by atoms with van der Waals surface area (Å²) in [5, 5.41) is 0. The van der Waals surface area contributed by atoms with E-state index in [0.29, 0.717) is 9.65 Å². The van der Waals surface area contributed by atoms with Crippen LogP contribution >= 0.6 is 31.9 Å². The monoisotopic (exact) mass is 242 g/mol. The number of halogens is 2. The topological polar surface area (TPSA) is 0 Å². The molecule has 0 nitrogen and oxygen atoms in total. The Kier molecular flexibility index (Phi) is 5.38. The van der Waals surface area contributed by atoms with E-state index in [2.05, 4.69) is 45.7 Å². The molecule has 2 heteroatoms. The Morgan fingerprint density at radius 2 is 1.88 bits per heavy atom. The van der Waals surface area contributed by atoms with Crippen molar-refractivity contribution >= 4 is 31.9 Å². The van der Waals surface area contributed by atoms with E-state index in [9.17, 15) is 0 Å². The molecule has 0 aliphatic carbocycles. The molecule has 0 aromatic heterocycles. The van der Waals surface area contributed by atoms with Gasteiger partial charge in [0.25, 0.3) is 0 Å². The Hall–Kier alpha value is 0.960. The predicted octanol–water partition coefficient (Wildman–Crippen LogP) is 3.33. The van der Waals surface area contributed by atoms with Crippen molar-refractivity contribution in [1.29, 1.82) is 0 Å². The van der Waals surface area contributed by atoms with Gasteiger partial charge in [-0.05, 0) is 12.8 Å². The van der Waals surface area contributed by atoms with Gasteiger partial charge in [-0.1, -0.05) is 45.7 Å². The van der Waals surface area contributed by atoms with Gasteiger partial charge in [0, 0.05) is 9.65 Å². The number of alkyl halides is 2. The van der Waals surface area contributed by atoms with Crippen LogP contribution in [0, 0.1) is 0 Å². The lowest BCUT2D eigenvalue weighted by atomic mass is 10.2. The fourth-order valence-electron chi connectivity index (χ4n) is 0.519. The Balaban J connectivity index is 3.10. The molecule has 0 rings (SSSR count). The van der Waals surface area contributed by atoms with E-state index in [1.165, 1.54) is 12.8 Å². The summed E-state index contributed by atoms with van der Waals surface area (Å²) < 4.78 is 0. The minimum absolute atomic E-state index is 0.645. The molecular formula is C6H12Br2. The Labute approximate surface area is 68.3 Å². The maximum absolute atomic E-state index is 3.55. The minimum atomic E-state index is 0.645. The molecule has 0 N–H and O–H groups in total. The second kappa shape index (κ2) is 4.80. The minimum Gasteiger partial charge on any atom is -0.0893 e. The lowest BCUT2D eigenvalue weighted by Gasteiger charge is -2.06. The first-order valence-electron chi connectivity index (χ1n) is 2.95.